The summed E-state index contributed by atoms with van der Waals surface area (Å²) >= 11 is 0. The summed E-state index contributed by atoms with van der Waals surface area (Å²) in [5.41, 5.74) is 0.801. The predicted molar refractivity (Wildman–Crippen MR) is 74.1 cm³/mol. The molecule has 4 nitrogen and oxygen atoms in total. The highest BCUT2D eigenvalue weighted by atomic mass is 16.5. The van der Waals surface area contributed by atoms with Crippen LogP contribution in [0.2, 0.25) is 0 Å². The molecule has 0 radical (unpaired) electrons. The van der Waals surface area contributed by atoms with Gasteiger partial charge in [0.2, 0.25) is 0 Å². The van der Waals surface area contributed by atoms with Crippen LogP contribution in [0.5, 0.6) is 0 Å². The molecule has 2 unspecified atom stereocenters. The number of hydrogen-bond acceptors (Lipinski definition) is 3. The minimum absolute atomic E-state index is 0.0446. The van der Waals surface area contributed by atoms with Gasteiger partial charge in [-0.3, -0.25) is 4.79 Å². The van der Waals surface area contributed by atoms with Gasteiger partial charge in [-0.25, -0.2) is 0 Å². The molecule has 0 aromatic heterocycles. The van der Waals surface area contributed by atoms with E-state index in [1.165, 1.54) is 0 Å². The number of carbonyl (C=O) groups is 1. The number of para-hydroxylation sites is 1. The van der Waals surface area contributed by atoms with E-state index in [1.54, 1.807) is 12.0 Å². The van der Waals surface area contributed by atoms with Crippen LogP contribution in [-0.2, 0) is 9.53 Å². The van der Waals surface area contributed by atoms with Crippen molar-refractivity contribution in [3.63, 3.8) is 0 Å². The molecule has 1 aromatic carbocycles. The number of nitrogens with zero attached hydrogens (tertiary/aromatic N) is 1. The van der Waals surface area contributed by atoms with Crippen molar-refractivity contribution in [2.45, 2.75) is 38.4 Å². The van der Waals surface area contributed by atoms with E-state index in [-0.39, 0.29) is 5.91 Å². The van der Waals surface area contributed by atoms with Crippen LogP contribution in [0.15, 0.2) is 24.3 Å². The predicted octanol–water partition coefficient (Wildman–Crippen LogP) is 2.27. The van der Waals surface area contributed by atoms with Gasteiger partial charge in [0, 0.05) is 24.9 Å². The molecule has 2 atom stereocenters. The van der Waals surface area contributed by atoms with Crippen molar-refractivity contribution >= 4 is 11.6 Å². The average Bonchev–Trinajstić information content (AvgIpc) is 2.46. The summed E-state index contributed by atoms with van der Waals surface area (Å²) < 4.78 is 5.39. The van der Waals surface area contributed by atoms with Gasteiger partial charge in [0.25, 0.3) is 5.91 Å². The number of fused-ring (bicyclic) bond motifs is 1. The molecule has 0 aliphatic carbocycles. The normalized spacial score (nSPS) is 21.7. The summed E-state index contributed by atoms with van der Waals surface area (Å²) in [4.78, 5) is 14.4. The van der Waals surface area contributed by atoms with E-state index in [1.807, 2.05) is 38.1 Å². The van der Waals surface area contributed by atoms with Crippen molar-refractivity contribution in [2.24, 2.45) is 0 Å². The molecule has 1 aliphatic heterocycles. The Hall–Kier alpha value is -1.39. The number of amides is 1. The lowest BCUT2D eigenvalue weighted by Gasteiger charge is -2.37. The second kappa shape index (κ2) is 5.31. The fourth-order valence-corrected chi connectivity index (χ4v) is 2.42. The number of ether oxygens (including phenoxy) is 1. The van der Waals surface area contributed by atoms with Crippen molar-refractivity contribution in [2.75, 3.05) is 18.6 Å². The van der Waals surface area contributed by atoms with E-state index < -0.39 is 11.7 Å². The third-order valence-corrected chi connectivity index (χ3v) is 4.04. The van der Waals surface area contributed by atoms with Gasteiger partial charge in [-0.05, 0) is 25.8 Å². The van der Waals surface area contributed by atoms with Crippen LogP contribution in [0.25, 0.3) is 0 Å². The number of carbonyl (C=O) groups excluding carboxylic acids is 1. The monoisotopic (exact) mass is 263 g/mol. The molecule has 0 spiro atoms. The zero-order valence-corrected chi connectivity index (χ0v) is 11.7. The van der Waals surface area contributed by atoms with E-state index in [2.05, 4.69) is 0 Å². The molecule has 4 heteroatoms. The smallest absolute Gasteiger partial charge is 0.258 e. The number of anilines is 1. The topological polar surface area (TPSA) is 49.8 Å². The van der Waals surface area contributed by atoms with Crippen molar-refractivity contribution in [3.05, 3.63) is 29.8 Å². The van der Waals surface area contributed by atoms with Crippen molar-refractivity contribution in [3.8, 4) is 0 Å². The number of benzene rings is 1. The lowest BCUT2D eigenvalue weighted by atomic mass is 9.95. The van der Waals surface area contributed by atoms with Crippen molar-refractivity contribution in [1.82, 2.24) is 0 Å². The second-order valence-electron chi connectivity index (χ2n) is 5.11. The van der Waals surface area contributed by atoms with Gasteiger partial charge in [-0.1, -0.05) is 25.1 Å². The van der Waals surface area contributed by atoms with Crippen molar-refractivity contribution < 1.29 is 14.6 Å². The van der Waals surface area contributed by atoms with E-state index >= 15 is 0 Å². The molecule has 0 bridgehead atoms. The Bertz CT molecular complexity index is 468. The summed E-state index contributed by atoms with van der Waals surface area (Å²) in [5.74, 6) is -0.0446. The summed E-state index contributed by atoms with van der Waals surface area (Å²) in [6.07, 6.45) is 0.686. The number of methoxy groups -OCH3 is 1. The molecule has 2 rings (SSSR count). The Labute approximate surface area is 114 Å². The number of aliphatic hydroxyl groups excluding tert-OH is 1. The minimum atomic E-state index is -0.810. The van der Waals surface area contributed by atoms with Crippen LogP contribution >= 0.6 is 0 Å². The lowest BCUT2D eigenvalue weighted by molar-refractivity contribution is -0.139. The molecular formula is C15H21NO3. The van der Waals surface area contributed by atoms with Crippen LogP contribution in [-0.4, -0.2) is 30.3 Å². The van der Waals surface area contributed by atoms with Crippen LogP contribution in [0, 0.1) is 0 Å². The maximum atomic E-state index is 12.7. The number of aliphatic hydroxyl groups is 1. The highest BCUT2D eigenvalue weighted by molar-refractivity contribution is 6.00. The minimum Gasteiger partial charge on any atom is -0.388 e. The molecule has 104 valence electrons. The molecule has 1 aliphatic rings. The van der Waals surface area contributed by atoms with E-state index in [4.69, 9.17) is 4.74 Å². The molecule has 0 saturated heterocycles. The first-order valence-electron chi connectivity index (χ1n) is 6.67. The maximum absolute atomic E-state index is 12.7. The molecule has 1 N–H and O–H groups in total. The highest BCUT2D eigenvalue weighted by Crippen LogP contribution is 2.35. The molecular weight excluding hydrogens is 242 g/mol. The summed E-state index contributed by atoms with van der Waals surface area (Å²) in [7, 11) is 1.56. The van der Waals surface area contributed by atoms with E-state index in [9.17, 15) is 9.90 Å². The summed E-state index contributed by atoms with van der Waals surface area (Å²) in [6, 6.07) is 7.51. The Morgan fingerprint density at radius 3 is 2.84 bits per heavy atom. The third kappa shape index (κ3) is 2.38. The summed E-state index contributed by atoms with van der Waals surface area (Å²) in [6.45, 7) is 4.27. The fourth-order valence-electron chi connectivity index (χ4n) is 2.42. The van der Waals surface area contributed by atoms with Gasteiger partial charge in [0.05, 0.1) is 6.10 Å². The first-order chi connectivity index (χ1) is 9.03. The first-order valence-corrected chi connectivity index (χ1v) is 6.67. The standard InChI is InChI=1S/C15H21NO3/c1-4-15(2,19-3)14(18)16-10-9-13(17)11-7-5-6-8-12(11)16/h5-8,13,17H,4,9-10H2,1-3H3. The Balaban J connectivity index is 2.38. The van der Waals surface area contributed by atoms with E-state index in [0.29, 0.717) is 19.4 Å². The van der Waals surface area contributed by atoms with Gasteiger partial charge in [0.1, 0.15) is 5.60 Å². The highest BCUT2D eigenvalue weighted by Gasteiger charge is 2.38. The quantitative estimate of drug-likeness (QED) is 0.910. The molecule has 1 amide bonds. The van der Waals surface area contributed by atoms with Crippen molar-refractivity contribution in [1.29, 1.82) is 0 Å². The van der Waals surface area contributed by atoms with Gasteiger partial charge in [0.15, 0.2) is 0 Å². The van der Waals surface area contributed by atoms with Gasteiger partial charge in [-0.15, -0.1) is 0 Å². The molecule has 1 aromatic rings. The zero-order valence-electron chi connectivity index (χ0n) is 11.7. The lowest BCUT2D eigenvalue weighted by Crippen LogP contribution is -2.50. The van der Waals surface area contributed by atoms with Crippen LogP contribution in [0.3, 0.4) is 0 Å². The van der Waals surface area contributed by atoms with Crippen LogP contribution in [0.4, 0.5) is 5.69 Å². The van der Waals surface area contributed by atoms with Gasteiger partial charge in [-0.2, -0.15) is 0 Å². The Kier molecular flexibility index (Phi) is 3.92. The SMILES string of the molecule is CCC(C)(OC)C(=O)N1CCC(O)c2ccccc21. The zero-order chi connectivity index (χ0) is 14.0. The number of rotatable bonds is 3. The first kappa shape index (κ1) is 14.0. The number of hydrogen-bond donors (Lipinski definition) is 1. The van der Waals surface area contributed by atoms with Crippen LogP contribution < -0.4 is 4.90 Å². The third-order valence-electron chi connectivity index (χ3n) is 4.04. The molecule has 1 heterocycles. The Morgan fingerprint density at radius 2 is 2.21 bits per heavy atom. The van der Waals surface area contributed by atoms with Gasteiger partial charge >= 0.3 is 0 Å². The maximum Gasteiger partial charge on any atom is 0.258 e. The molecule has 19 heavy (non-hydrogen) atoms. The second-order valence-corrected chi connectivity index (χ2v) is 5.11. The molecule has 0 fully saturated rings. The molecule has 0 saturated carbocycles. The Morgan fingerprint density at radius 1 is 1.53 bits per heavy atom. The van der Waals surface area contributed by atoms with Gasteiger partial charge < -0.3 is 14.7 Å². The largest absolute Gasteiger partial charge is 0.388 e. The fraction of sp³-hybridized carbons (Fsp3) is 0.533. The van der Waals surface area contributed by atoms with E-state index in [0.717, 1.165) is 11.3 Å². The average molecular weight is 263 g/mol. The van der Waals surface area contributed by atoms with Crippen LogP contribution in [0.1, 0.15) is 38.4 Å². The summed E-state index contributed by atoms with van der Waals surface area (Å²) in [5, 5.41) is 10.0.